The van der Waals surface area contributed by atoms with Crippen LogP contribution >= 0.6 is 12.2 Å². The number of hydrogen-bond acceptors (Lipinski definition) is 2. The topological polar surface area (TPSA) is 46.2 Å². The zero-order valence-electron chi connectivity index (χ0n) is 8.40. The lowest BCUT2D eigenvalue weighted by Crippen LogP contribution is -2.23. The van der Waals surface area contributed by atoms with Gasteiger partial charge in [-0.25, -0.2) is 0 Å². The Morgan fingerprint density at radius 1 is 1.36 bits per heavy atom. The standard InChI is InChI=1S/C11H15NOS/c1-7(8(2)11(12)14)9-5-3-4-6-10(9)13/h3-8,13H,1-2H3,(H2,12,14). The van der Waals surface area contributed by atoms with Crippen molar-refractivity contribution < 1.29 is 5.11 Å². The van der Waals surface area contributed by atoms with Crippen LogP contribution in [-0.2, 0) is 0 Å². The number of benzene rings is 1. The van der Waals surface area contributed by atoms with Gasteiger partial charge in [0.05, 0.1) is 4.99 Å². The number of hydrogen-bond donors (Lipinski definition) is 2. The largest absolute Gasteiger partial charge is 0.508 e. The van der Waals surface area contributed by atoms with Crippen LogP contribution in [0.25, 0.3) is 0 Å². The molecule has 0 aliphatic heterocycles. The molecule has 0 saturated carbocycles. The van der Waals surface area contributed by atoms with Gasteiger partial charge in [0, 0.05) is 5.92 Å². The lowest BCUT2D eigenvalue weighted by Gasteiger charge is -2.19. The summed E-state index contributed by atoms with van der Waals surface area (Å²) in [5.41, 5.74) is 6.47. The average molecular weight is 209 g/mol. The minimum absolute atomic E-state index is 0.0956. The van der Waals surface area contributed by atoms with E-state index in [4.69, 9.17) is 18.0 Å². The summed E-state index contributed by atoms with van der Waals surface area (Å²) in [7, 11) is 0. The van der Waals surface area contributed by atoms with Gasteiger partial charge in [-0.2, -0.15) is 0 Å². The highest BCUT2D eigenvalue weighted by molar-refractivity contribution is 7.80. The summed E-state index contributed by atoms with van der Waals surface area (Å²) < 4.78 is 0. The molecular weight excluding hydrogens is 194 g/mol. The maximum absolute atomic E-state index is 9.63. The van der Waals surface area contributed by atoms with E-state index >= 15 is 0 Å². The van der Waals surface area contributed by atoms with Gasteiger partial charge in [-0.05, 0) is 17.5 Å². The van der Waals surface area contributed by atoms with Crippen LogP contribution in [0, 0.1) is 5.92 Å². The van der Waals surface area contributed by atoms with Gasteiger partial charge in [0.25, 0.3) is 0 Å². The molecule has 0 saturated heterocycles. The fourth-order valence-corrected chi connectivity index (χ4v) is 1.59. The fourth-order valence-electron chi connectivity index (χ4n) is 1.39. The van der Waals surface area contributed by atoms with Crippen molar-refractivity contribution in [2.45, 2.75) is 19.8 Å². The molecule has 2 atom stereocenters. The Kier molecular flexibility index (Phi) is 3.47. The molecular formula is C11H15NOS. The quantitative estimate of drug-likeness (QED) is 0.751. The van der Waals surface area contributed by atoms with Crippen molar-refractivity contribution in [3.8, 4) is 5.75 Å². The van der Waals surface area contributed by atoms with Crippen LogP contribution in [0.4, 0.5) is 0 Å². The van der Waals surface area contributed by atoms with Crippen molar-refractivity contribution in [3.05, 3.63) is 29.8 Å². The number of aromatic hydroxyl groups is 1. The third kappa shape index (κ3) is 2.23. The van der Waals surface area contributed by atoms with E-state index in [1.54, 1.807) is 12.1 Å². The highest BCUT2D eigenvalue weighted by Gasteiger charge is 2.18. The van der Waals surface area contributed by atoms with E-state index in [-0.39, 0.29) is 11.8 Å². The van der Waals surface area contributed by atoms with Gasteiger partial charge in [-0.15, -0.1) is 0 Å². The van der Waals surface area contributed by atoms with Crippen molar-refractivity contribution in [1.29, 1.82) is 0 Å². The van der Waals surface area contributed by atoms with E-state index in [9.17, 15) is 5.11 Å². The van der Waals surface area contributed by atoms with E-state index in [1.165, 1.54) is 0 Å². The van der Waals surface area contributed by atoms with Crippen LogP contribution in [0.3, 0.4) is 0 Å². The zero-order valence-corrected chi connectivity index (χ0v) is 9.21. The number of nitrogens with two attached hydrogens (primary N) is 1. The third-order valence-corrected chi connectivity index (χ3v) is 3.00. The SMILES string of the molecule is CC(C(N)=S)C(C)c1ccccc1O. The zero-order chi connectivity index (χ0) is 10.7. The fraction of sp³-hybridized carbons (Fsp3) is 0.364. The van der Waals surface area contributed by atoms with Gasteiger partial charge in [0.2, 0.25) is 0 Å². The van der Waals surface area contributed by atoms with Crippen LogP contribution in [-0.4, -0.2) is 10.1 Å². The number of phenols is 1. The van der Waals surface area contributed by atoms with Crippen molar-refractivity contribution in [1.82, 2.24) is 0 Å². The van der Waals surface area contributed by atoms with E-state index in [0.29, 0.717) is 10.7 Å². The Balaban J connectivity index is 2.94. The van der Waals surface area contributed by atoms with Crippen LogP contribution in [0.15, 0.2) is 24.3 Å². The first-order valence-corrected chi connectivity index (χ1v) is 5.02. The Morgan fingerprint density at radius 2 is 1.93 bits per heavy atom. The normalized spacial score (nSPS) is 14.7. The molecule has 76 valence electrons. The molecule has 1 rings (SSSR count). The highest BCUT2D eigenvalue weighted by atomic mass is 32.1. The van der Waals surface area contributed by atoms with E-state index < -0.39 is 0 Å². The monoisotopic (exact) mass is 209 g/mol. The Labute approximate surface area is 89.7 Å². The maximum atomic E-state index is 9.63. The van der Waals surface area contributed by atoms with Crippen LogP contribution in [0.5, 0.6) is 5.75 Å². The molecule has 0 aliphatic rings. The van der Waals surface area contributed by atoms with Gasteiger partial charge in [-0.1, -0.05) is 44.3 Å². The second-order valence-corrected chi connectivity index (χ2v) is 4.01. The second-order valence-electron chi connectivity index (χ2n) is 3.54. The summed E-state index contributed by atoms with van der Waals surface area (Å²) in [4.78, 5) is 0.487. The summed E-state index contributed by atoms with van der Waals surface area (Å²) in [6.07, 6.45) is 0. The molecule has 3 N–H and O–H groups in total. The molecule has 0 spiro atoms. The van der Waals surface area contributed by atoms with Gasteiger partial charge in [0.1, 0.15) is 5.75 Å². The number of rotatable bonds is 3. The Bertz CT molecular complexity index is 338. The third-order valence-electron chi connectivity index (χ3n) is 2.63. The lowest BCUT2D eigenvalue weighted by atomic mass is 9.88. The maximum Gasteiger partial charge on any atom is 0.119 e. The molecule has 2 unspecified atom stereocenters. The number of para-hydroxylation sites is 1. The molecule has 2 nitrogen and oxygen atoms in total. The van der Waals surface area contributed by atoms with E-state index in [1.807, 2.05) is 26.0 Å². The predicted molar refractivity (Wildman–Crippen MR) is 62.5 cm³/mol. The van der Waals surface area contributed by atoms with E-state index in [2.05, 4.69) is 0 Å². The number of phenolic OH excluding ortho intramolecular Hbond substituents is 1. The summed E-state index contributed by atoms with van der Waals surface area (Å²) in [6, 6.07) is 7.28. The first-order valence-electron chi connectivity index (χ1n) is 4.61. The molecule has 0 radical (unpaired) electrons. The van der Waals surface area contributed by atoms with Crippen molar-refractivity contribution >= 4 is 17.2 Å². The molecule has 3 heteroatoms. The lowest BCUT2D eigenvalue weighted by molar-refractivity contribution is 0.456. The van der Waals surface area contributed by atoms with Gasteiger partial charge in [-0.3, -0.25) is 0 Å². The molecule has 14 heavy (non-hydrogen) atoms. The molecule has 0 fully saturated rings. The summed E-state index contributed by atoms with van der Waals surface area (Å²) in [6.45, 7) is 3.98. The molecule has 0 aromatic heterocycles. The smallest absolute Gasteiger partial charge is 0.119 e. The molecule has 1 aromatic rings. The Hall–Kier alpha value is -1.09. The summed E-state index contributed by atoms with van der Waals surface area (Å²) in [5.74, 6) is 0.551. The van der Waals surface area contributed by atoms with Crippen LogP contribution in [0.1, 0.15) is 25.3 Å². The van der Waals surface area contributed by atoms with Crippen LogP contribution < -0.4 is 5.73 Å². The van der Waals surface area contributed by atoms with Gasteiger partial charge < -0.3 is 10.8 Å². The number of thiocarbonyl (C=S) groups is 1. The second kappa shape index (κ2) is 4.42. The first-order chi connectivity index (χ1) is 6.54. The van der Waals surface area contributed by atoms with Crippen LogP contribution in [0.2, 0.25) is 0 Å². The molecule has 0 amide bonds. The van der Waals surface area contributed by atoms with Crippen molar-refractivity contribution in [3.63, 3.8) is 0 Å². The molecule has 0 heterocycles. The molecule has 0 aliphatic carbocycles. The van der Waals surface area contributed by atoms with Gasteiger partial charge >= 0.3 is 0 Å². The summed E-state index contributed by atoms with van der Waals surface area (Å²) >= 11 is 4.93. The minimum atomic E-state index is 0.0956. The van der Waals surface area contributed by atoms with Gasteiger partial charge in [0.15, 0.2) is 0 Å². The predicted octanol–water partition coefficient (Wildman–Crippen LogP) is 2.42. The summed E-state index contributed by atoms with van der Waals surface area (Å²) in [5, 5.41) is 9.63. The minimum Gasteiger partial charge on any atom is -0.508 e. The first kappa shape index (κ1) is 11.0. The van der Waals surface area contributed by atoms with E-state index in [0.717, 1.165) is 5.56 Å². The average Bonchev–Trinajstić information content (AvgIpc) is 2.16. The van der Waals surface area contributed by atoms with Crippen molar-refractivity contribution in [2.75, 3.05) is 0 Å². The van der Waals surface area contributed by atoms with Crippen molar-refractivity contribution in [2.24, 2.45) is 11.7 Å². The molecule has 1 aromatic carbocycles. The molecule has 0 bridgehead atoms. The Morgan fingerprint density at radius 3 is 2.43 bits per heavy atom. The highest BCUT2D eigenvalue weighted by Crippen LogP contribution is 2.30.